The number of rotatable bonds is 6. The molecule has 0 aliphatic heterocycles. The Hall–Kier alpha value is -1.86. The molecular weight excluding hydrogens is 366 g/mol. The molecule has 1 aromatic heterocycles. The number of thiazole rings is 1. The van der Waals surface area contributed by atoms with Crippen molar-refractivity contribution in [3.05, 3.63) is 34.3 Å². The summed E-state index contributed by atoms with van der Waals surface area (Å²) in [5.74, 6) is 2.24. The first-order chi connectivity index (χ1) is 12.6. The minimum atomic E-state index is 0.615. The highest BCUT2D eigenvalue weighted by Crippen LogP contribution is 2.32. The number of anilines is 1. The topological polar surface area (TPSA) is 55.4 Å². The molecule has 1 aliphatic rings. The molecule has 26 heavy (non-hydrogen) atoms. The highest BCUT2D eigenvalue weighted by molar-refractivity contribution is 7.80. The Labute approximate surface area is 164 Å². The lowest BCUT2D eigenvalue weighted by atomic mass is 9.93. The summed E-state index contributed by atoms with van der Waals surface area (Å²) in [6.07, 6.45) is 4.28. The van der Waals surface area contributed by atoms with Crippen LogP contribution in [0.1, 0.15) is 29.5 Å². The van der Waals surface area contributed by atoms with Gasteiger partial charge in [0.2, 0.25) is 0 Å². The maximum Gasteiger partial charge on any atom is 0.189 e. The van der Waals surface area contributed by atoms with Crippen molar-refractivity contribution in [3.63, 3.8) is 0 Å². The second-order valence-corrected chi connectivity index (χ2v) is 8.05. The fraction of sp³-hybridized carbons (Fsp3) is 0.474. The predicted octanol–water partition coefficient (Wildman–Crippen LogP) is 3.81. The van der Waals surface area contributed by atoms with Gasteiger partial charge in [0.1, 0.15) is 0 Å². The third kappa shape index (κ3) is 4.65. The van der Waals surface area contributed by atoms with Gasteiger partial charge in [0.15, 0.2) is 21.7 Å². The van der Waals surface area contributed by atoms with Crippen LogP contribution in [0.25, 0.3) is 0 Å². The smallest absolute Gasteiger partial charge is 0.189 e. The maximum absolute atomic E-state index is 5.40. The van der Waals surface area contributed by atoms with E-state index in [1.807, 2.05) is 18.2 Å². The Bertz CT molecular complexity index is 776. The predicted molar refractivity (Wildman–Crippen MR) is 111 cm³/mol. The molecule has 7 heteroatoms. The van der Waals surface area contributed by atoms with Gasteiger partial charge in [-0.2, -0.15) is 0 Å². The first kappa shape index (κ1) is 18.9. The van der Waals surface area contributed by atoms with Gasteiger partial charge in [-0.15, -0.1) is 11.3 Å². The zero-order valence-electron chi connectivity index (χ0n) is 15.4. The van der Waals surface area contributed by atoms with E-state index in [0.717, 1.165) is 53.9 Å². The van der Waals surface area contributed by atoms with Crippen molar-refractivity contribution >= 4 is 33.8 Å². The van der Waals surface area contributed by atoms with Gasteiger partial charge in [-0.05, 0) is 61.5 Å². The number of nitrogens with one attached hydrogen (secondary N) is 2. The molecule has 1 atom stereocenters. The van der Waals surface area contributed by atoms with Gasteiger partial charge in [0, 0.05) is 11.4 Å². The van der Waals surface area contributed by atoms with Gasteiger partial charge in [-0.25, -0.2) is 4.98 Å². The molecule has 0 spiro atoms. The third-order valence-corrected chi connectivity index (χ3v) is 5.84. The number of hydrogen-bond donors (Lipinski definition) is 2. The lowest BCUT2D eigenvalue weighted by Crippen LogP contribution is -2.30. The molecule has 0 amide bonds. The fourth-order valence-corrected chi connectivity index (χ4v) is 4.53. The van der Waals surface area contributed by atoms with Gasteiger partial charge in [-0.1, -0.05) is 13.0 Å². The third-order valence-electron chi connectivity index (χ3n) is 4.55. The average molecular weight is 392 g/mol. The van der Waals surface area contributed by atoms with Crippen molar-refractivity contribution in [2.75, 3.05) is 26.1 Å². The number of benzene rings is 1. The normalized spacial score (nSPS) is 15.9. The van der Waals surface area contributed by atoms with Gasteiger partial charge in [0.05, 0.1) is 19.9 Å². The molecule has 140 valence electrons. The van der Waals surface area contributed by atoms with Crippen molar-refractivity contribution < 1.29 is 9.47 Å². The second-order valence-electron chi connectivity index (χ2n) is 6.56. The van der Waals surface area contributed by atoms with Crippen LogP contribution in [0, 0.1) is 5.92 Å². The molecule has 0 fully saturated rings. The molecule has 0 saturated carbocycles. The van der Waals surface area contributed by atoms with Gasteiger partial charge < -0.3 is 20.1 Å². The van der Waals surface area contributed by atoms with Crippen LogP contribution in [0.15, 0.2) is 18.2 Å². The zero-order valence-corrected chi connectivity index (χ0v) is 17.1. The van der Waals surface area contributed by atoms with E-state index in [-0.39, 0.29) is 0 Å². The van der Waals surface area contributed by atoms with Crippen molar-refractivity contribution in [3.8, 4) is 11.5 Å². The van der Waals surface area contributed by atoms with Crippen LogP contribution in [-0.2, 0) is 19.3 Å². The van der Waals surface area contributed by atoms with E-state index in [4.69, 9.17) is 21.7 Å². The summed E-state index contributed by atoms with van der Waals surface area (Å²) >= 11 is 7.13. The molecule has 0 radical (unpaired) electrons. The van der Waals surface area contributed by atoms with E-state index in [9.17, 15) is 0 Å². The number of aryl methyl sites for hydroxylation is 1. The van der Waals surface area contributed by atoms with E-state index >= 15 is 0 Å². The molecule has 2 aromatic rings. The molecule has 1 aromatic carbocycles. The first-order valence-electron chi connectivity index (χ1n) is 8.83. The molecular formula is C19H25N3O2S2. The average Bonchev–Trinajstić information content (AvgIpc) is 3.02. The molecule has 0 saturated heterocycles. The summed E-state index contributed by atoms with van der Waals surface area (Å²) in [6, 6.07) is 5.95. The highest BCUT2D eigenvalue weighted by Gasteiger charge is 2.19. The Morgan fingerprint density at radius 2 is 2.12 bits per heavy atom. The van der Waals surface area contributed by atoms with Crippen LogP contribution < -0.4 is 20.1 Å². The number of methoxy groups -OCH3 is 2. The van der Waals surface area contributed by atoms with Crippen molar-refractivity contribution in [1.29, 1.82) is 0 Å². The zero-order chi connectivity index (χ0) is 18.5. The molecule has 0 bridgehead atoms. The number of aromatic nitrogens is 1. The summed E-state index contributed by atoms with van der Waals surface area (Å²) in [5, 5.41) is 7.99. The van der Waals surface area contributed by atoms with Crippen LogP contribution in [0.3, 0.4) is 0 Å². The van der Waals surface area contributed by atoms with E-state index in [1.54, 1.807) is 25.6 Å². The summed E-state index contributed by atoms with van der Waals surface area (Å²) in [4.78, 5) is 6.08. The number of ether oxygens (including phenoxy) is 2. The second kappa shape index (κ2) is 8.68. The van der Waals surface area contributed by atoms with Crippen molar-refractivity contribution in [1.82, 2.24) is 10.3 Å². The minimum absolute atomic E-state index is 0.615. The molecule has 5 nitrogen and oxygen atoms in total. The van der Waals surface area contributed by atoms with Gasteiger partial charge in [-0.3, -0.25) is 0 Å². The number of hydrogen-bond acceptors (Lipinski definition) is 5. The Balaban J connectivity index is 1.49. The van der Waals surface area contributed by atoms with Crippen molar-refractivity contribution in [2.24, 2.45) is 5.92 Å². The maximum atomic E-state index is 5.40. The lowest BCUT2D eigenvalue weighted by molar-refractivity contribution is 0.354. The highest BCUT2D eigenvalue weighted by atomic mass is 32.1. The van der Waals surface area contributed by atoms with Crippen LogP contribution in [0.5, 0.6) is 11.5 Å². The number of fused-ring (bicyclic) bond motifs is 1. The van der Waals surface area contributed by atoms with Crippen LogP contribution in [-0.4, -0.2) is 30.9 Å². The summed E-state index contributed by atoms with van der Waals surface area (Å²) in [5.41, 5.74) is 2.40. The first-order valence-corrected chi connectivity index (χ1v) is 10.1. The molecule has 2 N–H and O–H groups in total. The van der Waals surface area contributed by atoms with Gasteiger partial charge >= 0.3 is 0 Å². The monoisotopic (exact) mass is 391 g/mol. The SMILES string of the molecule is COc1ccc(CCNC(=S)Nc2nc3c(s2)C[C@H](C)CC3)cc1OC. The lowest BCUT2D eigenvalue weighted by Gasteiger charge is -2.15. The van der Waals surface area contributed by atoms with E-state index in [0.29, 0.717) is 5.11 Å². The van der Waals surface area contributed by atoms with Crippen molar-refractivity contribution in [2.45, 2.75) is 32.6 Å². The van der Waals surface area contributed by atoms with E-state index in [2.05, 4.69) is 22.5 Å². The fourth-order valence-electron chi connectivity index (χ4n) is 3.09. The number of nitrogens with zero attached hydrogens (tertiary/aromatic N) is 1. The molecule has 1 aliphatic carbocycles. The van der Waals surface area contributed by atoms with Crippen LogP contribution >= 0.6 is 23.6 Å². The molecule has 1 heterocycles. The minimum Gasteiger partial charge on any atom is -0.493 e. The quantitative estimate of drug-likeness (QED) is 0.730. The Kier molecular flexibility index (Phi) is 6.32. The standard InChI is InChI=1S/C19H25N3O2S2/c1-12-4-6-14-17(10-12)26-19(21-14)22-18(25)20-9-8-13-5-7-15(23-2)16(11-13)24-3/h5,7,11-12H,4,6,8-10H2,1-3H3,(H2,20,21,22,25)/t12-/m1/s1. The van der Waals surface area contributed by atoms with Crippen LogP contribution in [0.4, 0.5) is 5.13 Å². The molecule has 3 rings (SSSR count). The number of thiocarbonyl (C=S) groups is 1. The molecule has 0 unspecified atom stereocenters. The van der Waals surface area contributed by atoms with E-state index < -0.39 is 0 Å². The Morgan fingerprint density at radius 1 is 1.31 bits per heavy atom. The summed E-state index contributed by atoms with van der Waals surface area (Å²) in [6.45, 7) is 3.04. The van der Waals surface area contributed by atoms with E-state index in [1.165, 1.54) is 17.0 Å². The van der Waals surface area contributed by atoms with Crippen LogP contribution in [0.2, 0.25) is 0 Å². The summed E-state index contributed by atoms with van der Waals surface area (Å²) in [7, 11) is 3.29. The Morgan fingerprint density at radius 3 is 2.88 bits per heavy atom. The van der Waals surface area contributed by atoms with Gasteiger partial charge in [0.25, 0.3) is 0 Å². The largest absolute Gasteiger partial charge is 0.493 e. The summed E-state index contributed by atoms with van der Waals surface area (Å²) < 4.78 is 10.6.